The van der Waals surface area contributed by atoms with Gasteiger partial charge in [-0.05, 0) is 55.0 Å². The number of ether oxygens (including phenoxy) is 1. The van der Waals surface area contributed by atoms with Gasteiger partial charge >= 0.3 is 5.97 Å². The molecular formula is C25H28N2O4. The van der Waals surface area contributed by atoms with Gasteiger partial charge < -0.3 is 14.1 Å². The summed E-state index contributed by atoms with van der Waals surface area (Å²) in [6.07, 6.45) is 2.53. The highest BCUT2D eigenvalue weighted by Crippen LogP contribution is 2.29. The summed E-state index contributed by atoms with van der Waals surface area (Å²) in [6.45, 7) is 5.28. The number of hydrogen-bond acceptors (Lipinski definition) is 5. The largest absolute Gasteiger partial charge is 0.452 e. The van der Waals surface area contributed by atoms with Crippen LogP contribution in [0.1, 0.15) is 54.4 Å². The third-order valence-electron chi connectivity index (χ3n) is 5.67. The summed E-state index contributed by atoms with van der Waals surface area (Å²) in [5.74, 6) is 0.859. The van der Waals surface area contributed by atoms with Crippen molar-refractivity contribution >= 4 is 23.0 Å². The van der Waals surface area contributed by atoms with Crippen LogP contribution in [0, 0.1) is 5.92 Å². The molecule has 1 aromatic heterocycles. The van der Waals surface area contributed by atoms with Gasteiger partial charge in [0, 0.05) is 19.0 Å². The summed E-state index contributed by atoms with van der Waals surface area (Å²) < 4.78 is 11.1. The molecule has 1 fully saturated rings. The summed E-state index contributed by atoms with van der Waals surface area (Å²) in [5, 5.41) is 0. The number of benzene rings is 2. The fourth-order valence-electron chi connectivity index (χ4n) is 3.99. The van der Waals surface area contributed by atoms with Crippen LogP contribution in [-0.2, 0) is 16.0 Å². The summed E-state index contributed by atoms with van der Waals surface area (Å²) in [7, 11) is 0. The highest BCUT2D eigenvalue weighted by molar-refractivity contribution is 5.91. The fourth-order valence-corrected chi connectivity index (χ4v) is 3.99. The first kappa shape index (κ1) is 21.1. The quantitative estimate of drug-likeness (QED) is 0.546. The van der Waals surface area contributed by atoms with Crippen LogP contribution >= 0.6 is 0 Å². The predicted molar refractivity (Wildman–Crippen MR) is 118 cm³/mol. The van der Waals surface area contributed by atoms with E-state index in [1.165, 1.54) is 5.56 Å². The number of rotatable bonds is 6. The molecule has 1 aliphatic heterocycles. The Labute approximate surface area is 182 Å². The van der Waals surface area contributed by atoms with E-state index in [1.54, 1.807) is 17.0 Å². The molecule has 4 rings (SSSR count). The average molecular weight is 421 g/mol. The van der Waals surface area contributed by atoms with Crippen molar-refractivity contribution in [3.8, 4) is 0 Å². The molecule has 0 atom stereocenters. The lowest BCUT2D eigenvalue weighted by Crippen LogP contribution is -2.40. The minimum Gasteiger partial charge on any atom is -0.452 e. The van der Waals surface area contributed by atoms with Crippen LogP contribution in [0.15, 0.2) is 52.9 Å². The molecule has 0 N–H and O–H groups in total. The molecule has 1 aliphatic rings. The number of carbonyl (C=O) groups excluding carboxylic acids is 2. The molecule has 6 nitrogen and oxygen atoms in total. The molecule has 0 aliphatic carbocycles. The maximum atomic E-state index is 12.5. The second-order valence-corrected chi connectivity index (χ2v) is 8.55. The zero-order valence-corrected chi connectivity index (χ0v) is 18.0. The summed E-state index contributed by atoms with van der Waals surface area (Å²) in [5.41, 5.74) is 3.31. The van der Waals surface area contributed by atoms with Gasteiger partial charge in [-0.3, -0.25) is 4.79 Å². The number of piperidine rings is 1. The third-order valence-corrected chi connectivity index (χ3v) is 5.67. The Bertz CT molecular complexity index is 1010. The van der Waals surface area contributed by atoms with E-state index in [0.717, 1.165) is 36.3 Å². The van der Waals surface area contributed by atoms with Crippen molar-refractivity contribution in [2.45, 2.75) is 39.0 Å². The Morgan fingerprint density at radius 2 is 1.81 bits per heavy atom. The number of aromatic nitrogens is 1. The third kappa shape index (κ3) is 5.13. The van der Waals surface area contributed by atoms with E-state index >= 15 is 0 Å². The highest BCUT2D eigenvalue weighted by Gasteiger charge is 2.27. The van der Waals surface area contributed by atoms with Crippen molar-refractivity contribution in [1.29, 1.82) is 0 Å². The molecule has 2 aromatic carbocycles. The lowest BCUT2D eigenvalue weighted by Gasteiger charge is -2.30. The van der Waals surface area contributed by atoms with Gasteiger partial charge in [0.25, 0.3) is 5.91 Å². The number of likely N-dealkylation sites (tertiary alicyclic amines) is 1. The first-order chi connectivity index (χ1) is 15.0. The summed E-state index contributed by atoms with van der Waals surface area (Å²) >= 11 is 0. The predicted octanol–water partition coefficient (Wildman–Crippen LogP) is 4.59. The molecule has 6 heteroatoms. The smallest absolute Gasteiger partial charge is 0.338 e. The maximum Gasteiger partial charge on any atom is 0.338 e. The van der Waals surface area contributed by atoms with Crippen LogP contribution in [0.5, 0.6) is 0 Å². The zero-order valence-electron chi connectivity index (χ0n) is 18.0. The lowest BCUT2D eigenvalue weighted by molar-refractivity contribution is -0.135. The Kier molecular flexibility index (Phi) is 6.35. The minimum atomic E-state index is -0.467. The molecule has 2 heterocycles. The molecule has 162 valence electrons. The zero-order chi connectivity index (χ0) is 21.8. The van der Waals surface area contributed by atoms with E-state index < -0.39 is 5.97 Å². The van der Waals surface area contributed by atoms with Crippen molar-refractivity contribution in [1.82, 2.24) is 9.88 Å². The second kappa shape index (κ2) is 9.33. The van der Waals surface area contributed by atoms with E-state index in [-0.39, 0.29) is 18.4 Å². The lowest BCUT2D eigenvalue weighted by atomic mass is 9.97. The van der Waals surface area contributed by atoms with E-state index in [9.17, 15) is 9.59 Å². The van der Waals surface area contributed by atoms with E-state index in [2.05, 4.69) is 18.8 Å². The number of amides is 1. The number of fused-ring (bicyclic) bond motifs is 1. The number of nitrogens with zero attached hydrogens (tertiary/aromatic N) is 2. The monoisotopic (exact) mass is 420 g/mol. The van der Waals surface area contributed by atoms with Crippen molar-refractivity contribution < 1.29 is 18.7 Å². The van der Waals surface area contributed by atoms with Crippen LogP contribution < -0.4 is 0 Å². The SMILES string of the molecule is CC(C)Cc1ccc(C(=O)OCC(=O)N2CCC(c3nc4ccccc4o3)CC2)cc1. The number of para-hydroxylation sites is 2. The van der Waals surface area contributed by atoms with Crippen LogP contribution in [0.4, 0.5) is 0 Å². The van der Waals surface area contributed by atoms with Gasteiger partial charge in [0.1, 0.15) is 5.52 Å². The average Bonchev–Trinajstić information content (AvgIpc) is 3.22. The Morgan fingerprint density at radius 1 is 1.10 bits per heavy atom. The molecule has 0 bridgehead atoms. The topological polar surface area (TPSA) is 72.6 Å². The molecule has 3 aromatic rings. The van der Waals surface area contributed by atoms with Gasteiger partial charge in [-0.15, -0.1) is 0 Å². The van der Waals surface area contributed by atoms with Gasteiger partial charge in [-0.25, -0.2) is 9.78 Å². The molecule has 0 radical (unpaired) electrons. The first-order valence-electron chi connectivity index (χ1n) is 10.9. The van der Waals surface area contributed by atoms with Gasteiger partial charge in [-0.1, -0.05) is 38.1 Å². The standard InChI is InChI=1S/C25H28N2O4/c1-17(2)15-18-7-9-20(10-8-18)25(29)30-16-23(28)27-13-11-19(12-14-27)24-26-21-5-3-4-6-22(21)31-24/h3-10,17,19H,11-16H2,1-2H3. The number of carbonyl (C=O) groups is 2. The number of oxazole rings is 1. The number of esters is 1. The minimum absolute atomic E-state index is 0.166. The number of hydrogen-bond donors (Lipinski definition) is 0. The van der Waals surface area contributed by atoms with Crippen LogP contribution in [0.25, 0.3) is 11.1 Å². The fraction of sp³-hybridized carbons (Fsp3) is 0.400. The van der Waals surface area contributed by atoms with Crippen molar-refractivity contribution in [2.24, 2.45) is 5.92 Å². The second-order valence-electron chi connectivity index (χ2n) is 8.55. The van der Waals surface area contributed by atoms with Crippen molar-refractivity contribution in [3.05, 3.63) is 65.5 Å². The molecule has 0 unspecified atom stereocenters. The molecule has 0 spiro atoms. The van der Waals surface area contributed by atoms with Gasteiger partial charge in [0.15, 0.2) is 18.1 Å². The Morgan fingerprint density at radius 3 is 2.48 bits per heavy atom. The Balaban J connectivity index is 1.25. The highest BCUT2D eigenvalue weighted by atomic mass is 16.5. The molecule has 1 amide bonds. The van der Waals surface area contributed by atoms with Gasteiger partial charge in [0.05, 0.1) is 5.56 Å². The first-order valence-corrected chi connectivity index (χ1v) is 10.9. The van der Waals surface area contributed by atoms with Gasteiger partial charge in [0.2, 0.25) is 0 Å². The molecular weight excluding hydrogens is 392 g/mol. The van der Waals surface area contributed by atoms with Crippen LogP contribution in [0.3, 0.4) is 0 Å². The molecule has 0 saturated carbocycles. The van der Waals surface area contributed by atoms with Crippen LogP contribution in [0.2, 0.25) is 0 Å². The Hall–Kier alpha value is -3.15. The van der Waals surface area contributed by atoms with E-state index in [4.69, 9.17) is 9.15 Å². The van der Waals surface area contributed by atoms with Crippen LogP contribution in [-0.4, -0.2) is 41.5 Å². The maximum absolute atomic E-state index is 12.5. The van der Waals surface area contributed by atoms with Crippen molar-refractivity contribution in [3.63, 3.8) is 0 Å². The van der Waals surface area contributed by atoms with E-state index in [0.29, 0.717) is 24.6 Å². The molecule has 31 heavy (non-hydrogen) atoms. The van der Waals surface area contributed by atoms with Gasteiger partial charge in [-0.2, -0.15) is 0 Å². The van der Waals surface area contributed by atoms with Crippen molar-refractivity contribution in [2.75, 3.05) is 19.7 Å². The molecule has 1 saturated heterocycles. The normalized spacial score (nSPS) is 14.9. The summed E-state index contributed by atoms with van der Waals surface area (Å²) in [6, 6.07) is 15.1. The summed E-state index contributed by atoms with van der Waals surface area (Å²) in [4.78, 5) is 31.1. The van der Waals surface area contributed by atoms with E-state index in [1.807, 2.05) is 36.4 Å².